The summed E-state index contributed by atoms with van der Waals surface area (Å²) in [5, 5.41) is 17.1. The van der Waals surface area contributed by atoms with Crippen LogP contribution in [0.4, 0.5) is 0 Å². The Bertz CT molecular complexity index is 1180. The molecule has 186 valence electrons. The summed E-state index contributed by atoms with van der Waals surface area (Å²) in [5.74, 6) is 4.34. The van der Waals surface area contributed by atoms with E-state index < -0.39 is 17.9 Å². The average Bonchev–Trinajstić information content (AvgIpc) is 3.43. The van der Waals surface area contributed by atoms with Crippen molar-refractivity contribution in [2.45, 2.75) is 19.0 Å². The SMILES string of the molecule is O=C(CNCCCn1ccnc1)NC[C@H](NC(=O)c1ccc(C#Cc2ccccc2)cc1)C(=O)NO. The Hall–Kier alpha value is -4.46. The predicted octanol–water partition coefficient (Wildman–Crippen LogP) is 0.683. The zero-order chi connectivity index (χ0) is 25.6. The third kappa shape index (κ3) is 8.72. The number of hydrogen-bond donors (Lipinski definition) is 5. The monoisotopic (exact) mass is 488 g/mol. The molecule has 1 atom stereocenters. The van der Waals surface area contributed by atoms with E-state index in [1.165, 1.54) is 5.48 Å². The summed E-state index contributed by atoms with van der Waals surface area (Å²) < 4.78 is 1.94. The summed E-state index contributed by atoms with van der Waals surface area (Å²) in [6, 6.07) is 14.9. The van der Waals surface area contributed by atoms with E-state index in [1.54, 1.807) is 36.8 Å². The first-order valence-electron chi connectivity index (χ1n) is 11.4. The molecule has 0 saturated carbocycles. The lowest BCUT2D eigenvalue weighted by molar-refractivity contribution is -0.131. The number of aromatic nitrogens is 2. The van der Waals surface area contributed by atoms with Crippen LogP contribution in [0.1, 0.15) is 27.9 Å². The van der Waals surface area contributed by atoms with Gasteiger partial charge in [-0.25, -0.2) is 10.5 Å². The molecular formula is C26H28N6O4. The number of carbonyl (C=O) groups is 3. The van der Waals surface area contributed by atoms with E-state index in [2.05, 4.69) is 32.8 Å². The minimum Gasteiger partial charge on any atom is -0.352 e. The summed E-state index contributed by atoms with van der Waals surface area (Å²) in [5.41, 5.74) is 3.43. The van der Waals surface area contributed by atoms with Crippen molar-refractivity contribution < 1.29 is 19.6 Å². The molecule has 1 heterocycles. The fraction of sp³-hybridized carbons (Fsp3) is 0.231. The number of amides is 3. The van der Waals surface area contributed by atoms with E-state index in [-0.39, 0.29) is 19.0 Å². The minimum atomic E-state index is -1.16. The summed E-state index contributed by atoms with van der Waals surface area (Å²) in [6.07, 6.45) is 6.10. The third-order valence-corrected chi connectivity index (χ3v) is 5.12. The molecular weight excluding hydrogens is 460 g/mol. The zero-order valence-electron chi connectivity index (χ0n) is 19.6. The van der Waals surface area contributed by atoms with Crippen molar-refractivity contribution in [2.75, 3.05) is 19.6 Å². The van der Waals surface area contributed by atoms with E-state index in [0.29, 0.717) is 12.1 Å². The highest BCUT2D eigenvalue weighted by Gasteiger charge is 2.21. The van der Waals surface area contributed by atoms with E-state index in [4.69, 9.17) is 5.21 Å². The van der Waals surface area contributed by atoms with Crippen LogP contribution in [0.3, 0.4) is 0 Å². The van der Waals surface area contributed by atoms with E-state index in [1.807, 2.05) is 41.1 Å². The zero-order valence-corrected chi connectivity index (χ0v) is 19.6. The van der Waals surface area contributed by atoms with Gasteiger partial charge in [-0.2, -0.15) is 0 Å². The van der Waals surface area contributed by atoms with Crippen molar-refractivity contribution in [3.8, 4) is 11.8 Å². The van der Waals surface area contributed by atoms with Crippen molar-refractivity contribution in [1.82, 2.24) is 31.0 Å². The van der Waals surface area contributed by atoms with Gasteiger partial charge >= 0.3 is 0 Å². The summed E-state index contributed by atoms with van der Waals surface area (Å²) >= 11 is 0. The number of benzene rings is 2. The van der Waals surface area contributed by atoms with Gasteiger partial charge in [0.05, 0.1) is 12.9 Å². The van der Waals surface area contributed by atoms with Gasteiger partial charge in [-0.3, -0.25) is 19.6 Å². The van der Waals surface area contributed by atoms with Crippen LogP contribution < -0.4 is 21.4 Å². The fourth-order valence-corrected chi connectivity index (χ4v) is 3.19. The summed E-state index contributed by atoms with van der Waals surface area (Å²) in [7, 11) is 0. The molecule has 2 aromatic carbocycles. The molecule has 0 unspecified atom stereocenters. The second-order valence-electron chi connectivity index (χ2n) is 7.83. The molecule has 0 spiro atoms. The maximum absolute atomic E-state index is 12.6. The van der Waals surface area contributed by atoms with Gasteiger partial charge < -0.3 is 20.5 Å². The van der Waals surface area contributed by atoms with Crippen molar-refractivity contribution >= 4 is 17.7 Å². The van der Waals surface area contributed by atoms with Gasteiger partial charge in [0.25, 0.3) is 11.8 Å². The number of imidazole rings is 1. The molecule has 3 amide bonds. The lowest BCUT2D eigenvalue weighted by Crippen LogP contribution is -2.52. The number of nitrogens with zero attached hydrogens (tertiary/aromatic N) is 2. The second kappa shape index (κ2) is 14.1. The molecule has 10 heteroatoms. The predicted molar refractivity (Wildman–Crippen MR) is 133 cm³/mol. The Labute approximate surface area is 209 Å². The highest BCUT2D eigenvalue weighted by molar-refractivity contribution is 5.97. The first kappa shape index (κ1) is 26.2. The van der Waals surface area contributed by atoms with Crippen LogP contribution in [-0.2, 0) is 16.1 Å². The molecule has 0 aliphatic carbocycles. The minimum absolute atomic E-state index is 0.0524. The number of rotatable bonds is 11. The van der Waals surface area contributed by atoms with E-state index in [9.17, 15) is 14.4 Å². The topological polar surface area (TPSA) is 137 Å². The molecule has 0 fully saturated rings. The number of aryl methyl sites for hydroxylation is 1. The highest BCUT2D eigenvalue weighted by atomic mass is 16.5. The Morgan fingerprint density at radius 3 is 2.39 bits per heavy atom. The van der Waals surface area contributed by atoms with E-state index in [0.717, 1.165) is 24.1 Å². The van der Waals surface area contributed by atoms with Gasteiger partial charge in [-0.05, 0) is 49.4 Å². The Kier molecular flexibility index (Phi) is 10.2. The molecule has 1 aromatic heterocycles. The molecule has 0 aliphatic rings. The second-order valence-corrected chi connectivity index (χ2v) is 7.83. The number of nitrogens with one attached hydrogen (secondary N) is 4. The quantitative estimate of drug-likeness (QED) is 0.117. The van der Waals surface area contributed by atoms with Crippen molar-refractivity contribution in [2.24, 2.45) is 0 Å². The maximum Gasteiger partial charge on any atom is 0.267 e. The van der Waals surface area contributed by atoms with Crippen LogP contribution in [0.5, 0.6) is 0 Å². The van der Waals surface area contributed by atoms with Gasteiger partial charge in [0.15, 0.2) is 0 Å². The van der Waals surface area contributed by atoms with Crippen LogP contribution in [0, 0.1) is 11.8 Å². The van der Waals surface area contributed by atoms with Gasteiger partial charge in [-0.1, -0.05) is 30.0 Å². The molecule has 0 aliphatic heterocycles. The Morgan fingerprint density at radius 2 is 1.72 bits per heavy atom. The molecule has 10 nitrogen and oxygen atoms in total. The van der Waals surface area contributed by atoms with Crippen molar-refractivity contribution in [3.63, 3.8) is 0 Å². The van der Waals surface area contributed by atoms with Gasteiger partial charge in [0.1, 0.15) is 6.04 Å². The lowest BCUT2D eigenvalue weighted by atomic mass is 10.1. The first-order chi connectivity index (χ1) is 17.5. The molecule has 5 N–H and O–H groups in total. The number of hydroxylamine groups is 1. The van der Waals surface area contributed by atoms with Crippen molar-refractivity contribution in [3.05, 3.63) is 90.0 Å². The maximum atomic E-state index is 12.6. The normalized spacial score (nSPS) is 11.0. The van der Waals surface area contributed by atoms with Gasteiger partial charge in [0, 0.05) is 42.2 Å². The summed E-state index contributed by atoms with van der Waals surface area (Å²) in [4.78, 5) is 40.7. The first-order valence-corrected chi connectivity index (χ1v) is 11.4. The standard InChI is InChI=1S/C26H28N6O4/c33-24(18-27-13-4-15-32-16-14-28-19-32)29-17-23(26(35)31-36)30-25(34)22-11-9-21(10-12-22)8-7-20-5-2-1-3-6-20/h1-3,5-6,9-12,14,16,19,23,27,36H,4,13,15,17-18H2,(H,29,33)(H,30,34)(H,31,35)/t23-/m0/s1. The van der Waals surface area contributed by atoms with Crippen LogP contribution in [0.2, 0.25) is 0 Å². The Balaban J connectivity index is 1.45. The molecule has 0 radical (unpaired) electrons. The van der Waals surface area contributed by atoms with Crippen molar-refractivity contribution in [1.29, 1.82) is 0 Å². The van der Waals surface area contributed by atoms with Crippen LogP contribution in [0.15, 0.2) is 73.3 Å². The van der Waals surface area contributed by atoms with Crippen LogP contribution in [-0.4, -0.2) is 58.2 Å². The lowest BCUT2D eigenvalue weighted by Gasteiger charge is -2.17. The van der Waals surface area contributed by atoms with Crippen LogP contribution >= 0.6 is 0 Å². The fourth-order valence-electron chi connectivity index (χ4n) is 3.19. The average molecular weight is 489 g/mol. The molecule has 0 bridgehead atoms. The molecule has 36 heavy (non-hydrogen) atoms. The molecule has 3 rings (SSSR count). The number of hydrogen-bond acceptors (Lipinski definition) is 6. The highest BCUT2D eigenvalue weighted by Crippen LogP contribution is 2.05. The third-order valence-electron chi connectivity index (χ3n) is 5.12. The Morgan fingerprint density at radius 1 is 1.00 bits per heavy atom. The van der Waals surface area contributed by atoms with Crippen LogP contribution in [0.25, 0.3) is 0 Å². The number of carbonyl (C=O) groups excluding carboxylic acids is 3. The molecule has 0 saturated heterocycles. The largest absolute Gasteiger partial charge is 0.352 e. The summed E-state index contributed by atoms with van der Waals surface area (Å²) in [6.45, 7) is 1.26. The molecule has 3 aromatic rings. The smallest absolute Gasteiger partial charge is 0.267 e. The van der Waals surface area contributed by atoms with Gasteiger partial charge in [0.2, 0.25) is 5.91 Å². The van der Waals surface area contributed by atoms with Gasteiger partial charge in [-0.15, -0.1) is 0 Å². The van der Waals surface area contributed by atoms with E-state index >= 15 is 0 Å².